The summed E-state index contributed by atoms with van der Waals surface area (Å²) in [7, 11) is 0. The van der Waals surface area contributed by atoms with E-state index in [4.69, 9.17) is 0 Å². The smallest absolute Gasteiger partial charge is 0.219 e. The Morgan fingerprint density at radius 1 is 1.64 bits per heavy atom. The van der Waals surface area contributed by atoms with Gasteiger partial charge in [-0.3, -0.25) is 4.79 Å². The summed E-state index contributed by atoms with van der Waals surface area (Å²) in [6.07, 6.45) is 1.63. The van der Waals surface area contributed by atoms with Crippen molar-refractivity contribution in [3.63, 3.8) is 0 Å². The monoisotopic (exact) mass is 192 g/mol. The molecule has 2 rings (SSSR count). The highest BCUT2D eigenvalue weighted by Crippen LogP contribution is 2.12. The maximum absolute atomic E-state index is 10.9. The zero-order chi connectivity index (χ0) is 9.97. The predicted molar refractivity (Wildman–Crippen MR) is 51.7 cm³/mol. The van der Waals surface area contributed by atoms with E-state index in [1.165, 1.54) is 0 Å². The van der Waals surface area contributed by atoms with Gasteiger partial charge in [-0.1, -0.05) is 0 Å². The number of amides is 1. The van der Waals surface area contributed by atoms with E-state index >= 15 is 0 Å². The summed E-state index contributed by atoms with van der Waals surface area (Å²) in [4.78, 5) is 12.7. The minimum atomic E-state index is 0.127. The second-order valence-electron chi connectivity index (χ2n) is 3.37. The molecule has 0 radical (unpaired) electrons. The molecule has 1 aliphatic rings. The fourth-order valence-corrected chi connectivity index (χ4v) is 1.41. The highest BCUT2D eigenvalue weighted by molar-refractivity contribution is 5.74. The van der Waals surface area contributed by atoms with E-state index < -0.39 is 0 Å². The lowest BCUT2D eigenvalue weighted by molar-refractivity contribution is -0.132. The van der Waals surface area contributed by atoms with Crippen LogP contribution in [0.1, 0.15) is 6.92 Å². The van der Waals surface area contributed by atoms with Crippen LogP contribution in [0.15, 0.2) is 18.3 Å². The number of nitrogens with one attached hydrogen (secondary N) is 1. The molecule has 2 heterocycles. The fourth-order valence-electron chi connectivity index (χ4n) is 1.41. The van der Waals surface area contributed by atoms with Crippen LogP contribution < -0.4 is 5.32 Å². The molecule has 1 fully saturated rings. The van der Waals surface area contributed by atoms with Crippen molar-refractivity contribution in [1.29, 1.82) is 0 Å². The van der Waals surface area contributed by atoms with Crippen molar-refractivity contribution in [1.82, 2.24) is 15.1 Å². The molecule has 0 spiro atoms. The standard InChI is InChI=1S/C9H12N4O/c1-7(14)13-5-8(6-13)11-9-3-2-4-10-12-9/h2-4,8H,5-6H2,1H3,(H,11,12). The molecule has 1 aliphatic heterocycles. The Bertz CT molecular complexity index is 321. The first-order valence-corrected chi connectivity index (χ1v) is 4.55. The molecule has 1 saturated heterocycles. The number of carbonyl (C=O) groups is 1. The van der Waals surface area contributed by atoms with Gasteiger partial charge in [0.2, 0.25) is 5.91 Å². The summed E-state index contributed by atoms with van der Waals surface area (Å²) in [6.45, 7) is 3.09. The number of nitrogens with zero attached hydrogens (tertiary/aromatic N) is 3. The Kier molecular flexibility index (Phi) is 2.30. The van der Waals surface area contributed by atoms with Gasteiger partial charge in [-0.05, 0) is 12.1 Å². The van der Waals surface area contributed by atoms with Crippen LogP contribution in [-0.2, 0) is 4.79 Å². The molecule has 0 unspecified atom stereocenters. The number of rotatable bonds is 2. The van der Waals surface area contributed by atoms with Crippen molar-refractivity contribution in [3.05, 3.63) is 18.3 Å². The topological polar surface area (TPSA) is 58.1 Å². The largest absolute Gasteiger partial charge is 0.362 e. The number of hydrogen-bond donors (Lipinski definition) is 1. The van der Waals surface area contributed by atoms with Crippen LogP contribution in [0.5, 0.6) is 0 Å². The van der Waals surface area contributed by atoms with Crippen molar-refractivity contribution in [2.24, 2.45) is 0 Å². The van der Waals surface area contributed by atoms with E-state index in [2.05, 4.69) is 15.5 Å². The molecule has 1 amide bonds. The Morgan fingerprint density at radius 2 is 2.43 bits per heavy atom. The molecule has 1 N–H and O–H groups in total. The van der Waals surface area contributed by atoms with Crippen LogP contribution in [0.4, 0.5) is 5.82 Å². The third-order valence-electron chi connectivity index (χ3n) is 2.25. The number of likely N-dealkylation sites (tertiary alicyclic amines) is 1. The first kappa shape index (κ1) is 8.93. The number of hydrogen-bond acceptors (Lipinski definition) is 4. The molecule has 0 aromatic carbocycles. The van der Waals surface area contributed by atoms with Gasteiger partial charge in [0.25, 0.3) is 0 Å². The van der Waals surface area contributed by atoms with Crippen LogP contribution >= 0.6 is 0 Å². The summed E-state index contributed by atoms with van der Waals surface area (Å²) in [6, 6.07) is 4.01. The molecule has 14 heavy (non-hydrogen) atoms. The number of carbonyl (C=O) groups excluding carboxylic acids is 1. The van der Waals surface area contributed by atoms with Crippen LogP contribution in [-0.4, -0.2) is 40.1 Å². The molecule has 0 atom stereocenters. The quantitative estimate of drug-likeness (QED) is 0.723. The van der Waals surface area contributed by atoms with Crippen LogP contribution in [0, 0.1) is 0 Å². The molecular weight excluding hydrogens is 180 g/mol. The van der Waals surface area contributed by atoms with E-state index in [1.54, 1.807) is 18.0 Å². The van der Waals surface area contributed by atoms with Gasteiger partial charge in [0.05, 0.1) is 6.04 Å². The summed E-state index contributed by atoms with van der Waals surface area (Å²) in [5.41, 5.74) is 0. The highest BCUT2D eigenvalue weighted by Gasteiger charge is 2.28. The number of aromatic nitrogens is 2. The second kappa shape index (κ2) is 3.61. The Morgan fingerprint density at radius 3 is 3.00 bits per heavy atom. The molecular formula is C9H12N4O. The first-order chi connectivity index (χ1) is 6.75. The minimum absolute atomic E-state index is 0.127. The maximum atomic E-state index is 10.9. The van der Waals surface area contributed by atoms with Crippen molar-refractivity contribution in [2.45, 2.75) is 13.0 Å². The van der Waals surface area contributed by atoms with E-state index in [9.17, 15) is 4.79 Å². The molecule has 1 aromatic rings. The Balaban J connectivity index is 1.82. The van der Waals surface area contributed by atoms with E-state index in [-0.39, 0.29) is 5.91 Å². The van der Waals surface area contributed by atoms with E-state index in [1.807, 2.05) is 12.1 Å². The molecule has 0 bridgehead atoms. The summed E-state index contributed by atoms with van der Waals surface area (Å²) in [5, 5.41) is 10.9. The van der Waals surface area contributed by atoms with Gasteiger partial charge in [-0.2, -0.15) is 5.10 Å². The fraction of sp³-hybridized carbons (Fsp3) is 0.444. The summed E-state index contributed by atoms with van der Waals surface area (Å²) >= 11 is 0. The first-order valence-electron chi connectivity index (χ1n) is 4.55. The molecule has 74 valence electrons. The third kappa shape index (κ3) is 1.81. The average Bonchev–Trinajstić information content (AvgIpc) is 2.12. The van der Waals surface area contributed by atoms with Crippen molar-refractivity contribution in [2.75, 3.05) is 18.4 Å². The van der Waals surface area contributed by atoms with Gasteiger partial charge < -0.3 is 10.2 Å². The zero-order valence-electron chi connectivity index (χ0n) is 7.97. The van der Waals surface area contributed by atoms with Gasteiger partial charge in [0, 0.05) is 26.2 Å². The van der Waals surface area contributed by atoms with E-state index in [0.717, 1.165) is 18.9 Å². The van der Waals surface area contributed by atoms with E-state index in [0.29, 0.717) is 6.04 Å². The minimum Gasteiger partial charge on any atom is -0.362 e. The Hall–Kier alpha value is -1.65. The zero-order valence-corrected chi connectivity index (χ0v) is 7.97. The van der Waals surface area contributed by atoms with Gasteiger partial charge >= 0.3 is 0 Å². The van der Waals surface area contributed by atoms with Crippen molar-refractivity contribution >= 4 is 11.7 Å². The molecule has 1 aromatic heterocycles. The van der Waals surface area contributed by atoms with Crippen LogP contribution in [0.3, 0.4) is 0 Å². The predicted octanol–water partition coefficient (Wildman–Crippen LogP) is 0.119. The van der Waals surface area contributed by atoms with Crippen LogP contribution in [0.2, 0.25) is 0 Å². The van der Waals surface area contributed by atoms with Crippen molar-refractivity contribution < 1.29 is 4.79 Å². The SMILES string of the molecule is CC(=O)N1CC(Nc2cccnn2)C1. The average molecular weight is 192 g/mol. The lowest BCUT2D eigenvalue weighted by Gasteiger charge is -2.39. The van der Waals surface area contributed by atoms with Gasteiger partial charge in [0.1, 0.15) is 5.82 Å². The second-order valence-corrected chi connectivity index (χ2v) is 3.37. The normalized spacial score (nSPS) is 16.2. The maximum Gasteiger partial charge on any atom is 0.219 e. The van der Waals surface area contributed by atoms with Gasteiger partial charge in [-0.15, -0.1) is 5.10 Å². The Labute approximate surface area is 82.1 Å². The van der Waals surface area contributed by atoms with Crippen LogP contribution in [0.25, 0.3) is 0 Å². The van der Waals surface area contributed by atoms with Crippen molar-refractivity contribution in [3.8, 4) is 0 Å². The lowest BCUT2D eigenvalue weighted by atomic mass is 10.1. The highest BCUT2D eigenvalue weighted by atomic mass is 16.2. The lowest BCUT2D eigenvalue weighted by Crippen LogP contribution is -2.56. The summed E-state index contributed by atoms with van der Waals surface area (Å²) in [5.74, 6) is 0.892. The van der Waals surface area contributed by atoms with Gasteiger partial charge in [0.15, 0.2) is 0 Å². The molecule has 5 nitrogen and oxygen atoms in total. The third-order valence-corrected chi connectivity index (χ3v) is 2.25. The molecule has 5 heteroatoms. The molecule has 0 aliphatic carbocycles. The van der Waals surface area contributed by atoms with Gasteiger partial charge in [-0.25, -0.2) is 0 Å². The number of anilines is 1. The molecule has 0 saturated carbocycles. The summed E-state index contributed by atoms with van der Waals surface area (Å²) < 4.78 is 0.